The van der Waals surface area contributed by atoms with E-state index in [1.807, 2.05) is 5.38 Å². The van der Waals surface area contributed by atoms with Crippen LogP contribution in [0.2, 0.25) is 0 Å². The van der Waals surface area contributed by atoms with E-state index in [2.05, 4.69) is 26.2 Å². The highest BCUT2D eigenvalue weighted by atomic mass is 79.9. The highest BCUT2D eigenvalue weighted by Crippen LogP contribution is 2.22. The molecule has 0 unspecified atom stereocenters. The molecule has 0 saturated heterocycles. The average Bonchev–Trinajstić information content (AvgIpc) is 2.81. The van der Waals surface area contributed by atoms with Crippen LogP contribution >= 0.6 is 27.3 Å². The molecule has 2 aromatic rings. The van der Waals surface area contributed by atoms with E-state index in [0.717, 1.165) is 9.48 Å². The first-order chi connectivity index (χ1) is 8.66. The Bertz CT molecular complexity index is 543. The van der Waals surface area contributed by atoms with Crippen LogP contribution in [0, 0.1) is 0 Å². The number of nitrogens with zero attached hydrogens (tertiary/aromatic N) is 1. The number of phenolic OH excluding ortho intramolecular Hbond substituents is 1. The van der Waals surface area contributed by atoms with Crippen molar-refractivity contribution in [2.45, 2.75) is 6.42 Å². The topological polar surface area (TPSA) is 62.2 Å². The summed E-state index contributed by atoms with van der Waals surface area (Å²) in [5, 5.41) is 15.3. The fourth-order valence-corrected chi connectivity index (χ4v) is 2.42. The van der Waals surface area contributed by atoms with Crippen LogP contribution in [0.25, 0.3) is 0 Å². The summed E-state index contributed by atoms with van der Waals surface area (Å²) in [6.45, 7) is 0.502. The first-order valence-corrected chi connectivity index (χ1v) is 6.99. The molecule has 1 heterocycles. The van der Waals surface area contributed by atoms with Gasteiger partial charge in [0.2, 0.25) is 0 Å². The van der Waals surface area contributed by atoms with Crippen molar-refractivity contribution in [2.24, 2.45) is 0 Å². The standard InChI is InChI=1S/C12H11BrN2O2S/c13-8-1-2-9(10(16)7-8)12(17)15-4-3-11-14-5-6-18-11/h1-2,5-7,16H,3-4H2,(H,15,17). The molecule has 2 N–H and O–H groups in total. The summed E-state index contributed by atoms with van der Waals surface area (Å²) in [6, 6.07) is 4.79. The number of aromatic hydroxyl groups is 1. The molecule has 1 aromatic carbocycles. The monoisotopic (exact) mass is 326 g/mol. The molecule has 0 atom stereocenters. The van der Waals surface area contributed by atoms with Crippen LogP contribution in [0.5, 0.6) is 5.75 Å². The van der Waals surface area contributed by atoms with E-state index in [9.17, 15) is 9.90 Å². The molecule has 94 valence electrons. The molecule has 1 aromatic heterocycles. The number of amides is 1. The summed E-state index contributed by atoms with van der Waals surface area (Å²) >= 11 is 4.78. The number of phenols is 1. The molecular formula is C12H11BrN2O2S. The van der Waals surface area contributed by atoms with Crippen molar-refractivity contribution in [3.05, 3.63) is 44.8 Å². The number of nitrogens with one attached hydrogen (secondary N) is 1. The summed E-state index contributed by atoms with van der Waals surface area (Å²) in [5.74, 6) is -0.312. The highest BCUT2D eigenvalue weighted by molar-refractivity contribution is 9.10. The van der Waals surface area contributed by atoms with Gasteiger partial charge in [-0.25, -0.2) is 4.98 Å². The van der Waals surface area contributed by atoms with Crippen LogP contribution in [0.3, 0.4) is 0 Å². The smallest absolute Gasteiger partial charge is 0.255 e. The van der Waals surface area contributed by atoms with Gasteiger partial charge in [0.25, 0.3) is 5.91 Å². The number of halogens is 1. The van der Waals surface area contributed by atoms with E-state index in [1.165, 1.54) is 6.07 Å². The third kappa shape index (κ3) is 3.30. The van der Waals surface area contributed by atoms with Crippen molar-refractivity contribution in [1.29, 1.82) is 0 Å². The molecule has 2 rings (SSSR count). The van der Waals surface area contributed by atoms with E-state index in [4.69, 9.17) is 0 Å². The van der Waals surface area contributed by atoms with Crippen molar-refractivity contribution in [2.75, 3.05) is 6.54 Å². The first-order valence-electron chi connectivity index (χ1n) is 5.32. The molecule has 0 aliphatic carbocycles. The van der Waals surface area contributed by atoms with Crippen LogP contribution in [0.4, 0.5) is 0 Å². The van der Waals surface area contributed by atoms with Gasteiger partial charge < -0.3 is 10.4 Å². The molecule has 0 radical (unpaired) electrons. The highest BCUT2D eigenvalue weighted by Gasteiger charge is 2.10. The number of carbonyl (C=O) groups is 1. The quantitative estimate of drug-likeness (QED) is 0.907. The summed E-state index contributed by atoms with van der Waals surface area (Å²) < 4.78 is 0.735. The predicted octanol–water partition coefficient (Wildman–Crippen LogP) is 2.58. The van der Waals surface area contributed by atoms with E-state index in [1.54, 1.807) is 29.7 Å². The second kappa shape index (κ2) is 5.97. The minimum Gasteiger partial charge on any atom is -0.507 e. The Labute approximate surface area is 117 Å². The molecule has 6 heteroatoms. The molecule has 0 aliphatic rings. The maximum atomic E-state index is 11.8. The van der Waals surface area contributed by atoms with Crippen LogP contribution < -0.4 is 5.32 Å². The van der Waals surface area contributed by atoms with Crippen molar-refractivity contribution >= 4 is 33.2 Å². The van der Waals surface area contributed by atoms with Gasteiger partial charge in [-0.1, -0.05) is 15.9 Å². The Morgan fingerprint density at radius 1 is 1.50 bits per heavy atom. The van der Waals surface area contributed by atoms with Crippen molar-refractivity contribution in [3.8, 4) is 5.75 Å². The zero-order valence-electron chi connectivity index (χ0n) is 9.39. The summed E-state index contributed by atoms with van der Waals surface area (Å²) in [5.41, 5.74) is 0.275. The zero-order chi connectivity index (χ0) is 13.0. The van der Waals surface area contributed by atoms with Gasteiger partial charge in [-0.2, -0.15) is 0 Å². The Morgan fingerprint density at radius 3 is 3.00 bits per heavy atom. The molecule has 0 aliphatic heterocycles. The fraction of sp³-hybridized carbons (Fsp3) is 0.167. The molecule has 0 spiro atoms. The number of rotatable bonds is 4. The molecule has 4 nitrogen and oxygen atoms in total. The second-order valence-electron chi connectivity index (χ2n) is 3.59. The second-order valence-corrected chi connectivity index (χ2v) is 5.49. The Morgan fingerprint density at radius 2 is 2.33 bits per heavy atom. The van der Waals surface area contributed by atoms with Gasteiger partial charge in [0.05, 0.1) is 10.6 Å². The SMILES string of the molecule is O=C(NCCc1nccs1)c1ccc(Br)cc1O. The normalized spacial score (nSPS) is 10.3. The van der Waals surface area contributed by atoms with E-state index >= 15 is 0 Å². The van der Waals surface area contributed by atoms with E-state index in [0.29, 0.717) is 13.0 Å². The lowest BCUT2D eigenvalue weighted by Crippen LogP contribution is -2.25. The van der Waals surface area contributed by atoms with Gasteiger partial charge in [-0.05, 0) is 18.2 Å². The molecule has 0 fully saturated rings. The largest absolute Gasteiger partial charge is 0.507 e. The Kier molecular flexibility index (Phi) is 4.33. The number of hydrogen-bond donors (Lipinski definition) is 2. The summed E-state index contributed by atoms with van der Waals surface area (Å²) in [7, 11) is 0. The first kappa shape index (κ1) is 13.0. The lowest BCUT2D eigenvalue weighted by molar-refractivity contribution is 0.0951. The fourth-order valence-electron chi connectivity index (χ4n) is 1.45. The van der Waals surface area contributed by atoms with Gasteiger partial charge in [-0.3, -0.25) is 4.79 Å². The van der Waals surface area contributed by atoms with Gasteiger partial charge >= 0.3 is 0 Å². The number of aromatic nitrogens is 1. The maximum absolute atomic E-state index is 11.8. The molecular weight excluding hydrogens is 316 g/mol. The number of carbonyl (C=O) groups excluding carboxylic acids is 1. The van der Waals surface area contributed by atoms with Crippen molar-refractivity contribution < 1.29 is 9.90 Å². The molecule has 18 heavy (non-hydrogen) atoms. The van der Waals surface area contributed by atoms with E-state index < -0.39 is 0 Å². The van der Waals surface area contributed by atoms with Gasteiger partial charge in [0, 0.05) is 29.0 Å². The van der Waals surface area contributed by atoms with E-state index in [-0.39, 0.29) is 17.2 Å². The third-order valence-corrected chi connectivity index (χ3v) is 3.64. The minimum absolute atomic E-state index is 0.0314. The number of hydrogen-bond acceptors (Lipinski definition) is 4. The van der Waals surface area contributed by atoms with Gasteiger partial charge in [-0.15, -0.1) is 11.3 Å². The number of thiazole rings is 1. The number of benzene rings is 1. The van der Waals surface area contributed by atoms with Gasteiger partial charge in [0.15, 0.2) is 0 Å². The summed E-state index contributed by atoms with van der Waals surface area (Å²) in [6.07, 6.45) is 2.43. The Hall–Kier alpha value is -1.40. The zero-order valence-corrected chi connectivity index (χ0v) is 11.8. The lowest BCUT2D eigenvalue weighted by Gasteiger charge is -2.06. The van der Waals surface area contributed by atoms with Crippen molar-refractivity contribution in [3.63, 3.8) is 0 Å². The lowest BCUT2D eigenvalue weighted by atomic mass is 10.2. The molecule has 0 bridgehead atoms. The Balaban J connectivity index is 1.91. The van der Waals surface area contributed by atoms with Crippen LogP contribution in [-0.2, 0) is 6.42 Å². The van der Waals surface area contributed by atoms with Crippen LogP contribution in [0.1, 0.15) is 15.4 Å². The van der Waals surface area contributed by atoms with Gasteiger partial charge in [0.1, 0.15) is 5.75 Å². The molecule has 1 amide bonds. The van der Waals surface area contributed by atoms with Crippen LogP contribution in [-0.4, -0.2) is 22.5 Å². The maximum Gasteiger partial charge on any atom is 0.255 e. The molecule has 0 saturated carbocycles. The predicted molar refractivity (Wildman–Crippen MR) is 74.0 cm³/mol. The summed E-state index contributed by atoms with van der Waals surface area (Å²) in [4.78, 5) is 15.9. The minimum atomic E-state index is -0.281. The van der Waals surface area contributed by atoms with Crippen molar-refractivity contribution in [1.82, 2.24) is 10.3 Å². The average molecular weight is 327 g/mol. The van der Waals surface area contributed by atoms with Crippen LogP contribution in [0.15, 0.2) is 34.2 Å². The third-order valence-electron chi connectivity index (χ3n) is 2.31.